The quantitative estimate of drug-likeness (QED) is 0.255. The number of aryl methyl sites for hydroxylation is 1. The zero-order chi connectivity index (χ0) is 27.3. The normalized spacial score (nSPS) is 15.2. The maximum absolute atomic E-state index is 13.6. The number of rotatable bonds is 12. The van der Waals surface area contributed by atoms with Crippen molar-refractivity contribution < 1.29 is 31.3 Å². The number of carbonyl (C=O) groups excluding carboxylic acids is 1. The summed E-state index contributed by atoms with van der Waals surface area (Å²) in [5.41, 5.74) is 1.83. The summed E-state index contributed by atoms with van der Waals surface area (Å²) in [4.78, 5) is 13.6. The number of hydrogen-bond donors (Lipinski definition) is 0. The Labute approximate surface area is 217 Å². The molecule has 0 saturated heterocycles. The van der Waals surface area contributed by atoms with E-state index in [9.17, 15) is 13.2 Å². The third kappa shape index (κ3) is 7.98. The summed E-state index contributed by atoms with van der Waals surface area (Å²) in [6, 6.07) is 13.7. The van der Waals surface area contributed by atoms with Crippen LogP contribution in [0.1, 0.15) is 45.7 Å². The monoisotopic (exact) mass is 536 g/mol. The number of carbonyl (C=O) groups is 1. The standard InChI is InChI=1S/C27H40O7SSi/c1-19-10-16-24(17-11-19)35(29,30)33-20(2)25(28)26(34-36(8,9)27(4,5)6)21(3)32-18-22-12-14-23(31-7)15-13-22/h10-17,20-21,26H,18H2,1-9H3/t20?,21-,26-/m1/s1. The molecule has 0 spiro atoms. The Bertz CT molecular complexity index is 1100. The first kappa shape index (κ1) is 30.2. The van der Waals surface area contributed by atoms with Gasteiger partial charge in [-0.15, -0.1) is 0 Å². The number of Topliss-reactive ketones (excluding diaryl/α,β-unsaturated/α-hetero) is 1. The molecule has 0 heterocycles. The lowest BCUT2D eigenvalue weighted by atomic mass is 10.1. The van der Waals surface area contributed by atoms with E-state index < -0.39 is 42.5 Å². The van der Waals surface area contributed by atoms with Gasteiger partial charge in [-0.05, 0) is 68.7 Å². The largest absolute Gasteiger partial charge is 0.497 e. The van der Waals surface area contributed by atoms with Crippen LogP contribution in [0.25, 0.3) is 0 Å². The lowest BCUT2D eigenvalue weighted by Crippen LogP contribution is -2.52. The van der Waals surface area contributed by atoms with Crippen LogP contribution in [0.4, 0.5) is 0 Å². The SMILES string of the molecule is COc1ccc(CO[C@H](C)[C@@H](O[Si](C)(C)C(C)(C)C)C(=O)C(C)OS(=O)(=O)c2ccc(C)cc2)cc1. The highest BCUT2D eigenvalue weighted by atomic mass is 32.2. The maximum Gasteiger partial charge on any atom is 0.297 e. The van der Waals surface area contributed by atoms with Gasteiger partial charge in [0, 0.05) is 0 Å². The van der Waals surface area contributed by atoms with Gasteiger partial charge in [0.2, 0.25) is 0 Å². The Morgan fingerprint density at radius 3 is 2.03 bits per heavy atom. The fourth-order valence-corrected chi connectivity index (χ4v) is 5.50. The fraction of sp³-hybridized carbons (Fsp3) is 0.519. The molecule has 0 bridgehead atoms. The van der Waals surface area contributed by atoms with Crippen LogP contribution in [0.3, 0.4) is 0 Å². The first-order valence-corrected chi connectivity index (χ1v) is 16.3. The van der Waals surface area contributed by atoms with Crippen LogP contribution in [0.5, 0.6) is 5.75 Å². The Morgan fingerprint density at radius 1 is 0.972 bits per heavy atom. The Balaban J connectivity index is 2.24. The van der Waals surface area contributed by atoms with Gasteiger partial charge in [-0.1, -0.05) is 50.6 Å². The number of ketones is 1. The molecule has 9 heteroatoms. The molecule has 0 saturated carbocycles. The number of ether oxygens (including phenoxy) is 2. The molecule has 200 valence electrons. The molecule has 2 aromatic rings. The van der Waals surface area contributed by atoms with Crippen molar-refractivity contribution in [2.24, 2.45) is 0 Å². The van der Waals surface area contributed by atoms with Crippen LogP contribution in [-0.4, -0.2) is 47.9 Å². The van der Waals surface area contributed by atoms with Crippen LogP contribution >= 0.6 is 0 Å². The highest BCUT2D eigenvalue weighted by Gasteiger charge is 2.44. The molecule has 3 atom stereocenters. The van der Waals surface area contributed by atoms with Crippen molar-refractivity contribution in [1.29, 1.82) is 0 Å². The minimum atomic E-state index is -4.13. The third-order valence-electron chi connectivity index (χ3n) is 6.59. The van der Waals surface area contributed by atoms with Crippen LogP contribution in [0, 0.1) is 6.92 Å². The Kier molecular flexibility index (Phi) is 10.1. The van der Waals surface area contributed by atoms with Crippen LogP contribution in [-0.2, 0) is 34.9 Å². The third-order valence-corrected chi connectivity index (χ3v) is 12.4. The van der Waals surface area contributed by atoms with Crippen molar-refractivity contribution in [3.05, 3.63) is 59.7 Å². The van der Waals surface area contributed by atoms with Gasteiger partial charge in [-0.2, -0.15) is 8.42 Å². The zero-order valence-electron chi connectivity index (χ0n) is 22.8. The predicted molar refractivity (Wildman–Crippen MR) is 143 cm³/mol. The summed E-state index contributed by atoms with van der Waals surface area (Å²) >= 11 is 0. The van der Waals surface area contributed by atoms with Gasteiger partial charge in [0.05, 0.1) is 24.7 Å². The number of benzene rings is 2. The summed E-state index contributed by atoms with van der Waals surface area (Å²) in [5.74, 6) is 0.264. The van der Waals surface area contributed by atoms with Crippen molar-refractivity contribution in [3.8, 4) is 5.75 Å². The molecule has 2 aromatic carbocycles. The van der Waals surface area contributed by atoms with E-state index in [1.54, 1.807) is 26.2 Å². The summed E-state index contributed by atoms with van der Waals surface area (Å²) in [6.07, 6.45) is -2.88. The summed E-state index contributed by atoms with van der Waals surface area (Å²) in [5, 5.41) is -0.167. The smallest absolute Gasteiger partial charge is 0.297 e. The molecule has 2 rings (SSSR count). The van der Waals surface area contributed by atoms with Crippen molar-refractivity contribution >= 4 is 24.2 Å². The van der Waals surface area contributed by atoms with Crippen LogP contribution < -0.4 is 4.74 Å². The van der Waals surface area contributed by atoms with E-state index >= 15 is 0 Å². The summed E-state index contributed by atoms with van der Waals surface area (Å²) < 4.78 is 48.7. The predicted octanol–water partition coefficient (Wildman–Crippen LogP) is 5.66. The molecule has 7 nitrogen and oxygen atoms in total. The average molecular weight is 537 g/mol. The average Bonchev–Trinajstić information content (AvgIpc) is 2.80. The van der Waals surface area contributed by atoms with E-state index in [1.807, 2.05) is 44.3 Å². The second-order valence-electron chi connectivity index (χ2n) is 10.6. The second-order valence-corrected chi connectivity index (χ2v) is 16.9. The highest BCUT2D eigenvalue weighted by Crippen LogP contribution is 2.38. The van der Waals surface area contributed by atoms with E-state index in [0.29, 0.717) is 0 Å². The molecule has 0 amide bonds. The molecule has 0 fully saturated rings. The van der Waals surface area contributed by atoms with Gasteiger partial charge in [0.25, 0.3) is 10.1 Å². The summed E-state index contributed by atoms with van der Waals surface area (Å²) in [7, 11) is -4.94. The molecular weight excluding hydrogens is 496 g/mol. The van der Waals surface area contributed by atoms with E-state index in [4.69, 9.17) is 18.1 Å². The summed E-state index contributed by atoms with van der Waals surface area (Å²) in [6.45, 7) is 15.6. The van der Waals surface area contributed by atoms with Gasteiger partial charge in [0.1, 0.15) is 18.0 Å². The van der Waals surface area contributed by atoms with Gasteiger partial charge in [0.15, 0.2) is 14.1 Å². The first-order chi connectivity index (χ1) is 16.6. The van der Waals surface area contributed by atoms with Gasteiger partial charge >= 0.3 is 0 Å². The highest BCUT2D eigenvalue weighted by molar-refractivity contribution is 7.86. The van der Waals surface area contributed by atoms with Crippen LogP contribution in [0.15, 0.2) is 53.4 Å². The first-order valence-electron chi connectivity index (χ1n) is 12.0. The van der Waals surface area contributed by atoms with E-state index in [2.05, 4.69) is 20.8 Å². The molecule has 1 unspecified atom stereocenters. The maximum atomic E-state index is 13.6. The molecule has 36 heavy (non-hydrogen) atoms. The van der Waals surface area contributed by atoms with Gasteiger partial charge in [-0.25, -0.2) is 0 Å². The van der Waals surface area contributed by atoms with Crippen molar-refractivity contribution in [1.82, 2.24) is 0 Å². The second kappa shape index (κ2) is 12.0. The number of methoxy groups -OCH3 is 1. The van der Waals surface area contributed by atoms with E-state index in [0.717, 1.165) is 16.9 Å². The Hall–Kier alpha value is -2.04. The topological polar surface area (TPSA) is 88.1 Å². The molecule has 0 aliphatic rings. The lowest BCUT2D eigenvalue weighted by Gasteiger charge is -2.40. The fourth-order valence-electron chi connectivity index (χ4n) is 3.15. The minimum absolute atomic E-state index is 0.00146. The molecule has 0 aromatic heterocycles. The Morgan fingerprint density at radius 2 is 1.53 bits per heavy atom. The minimum Gasteiger partial charge on any atom is -0.497 e. The molecule has 0 aliphatic carbocycles. The van der Waals surface area contributed by atoms with Gasteiger partial charge in [-0.3, -0.25) is 8.98 Å². The van der Waals surface area contributed by atoms with Crippen molar-refractivity contribution in [3.63, 3.8) is 0 Å². The van der Waals surface area contributed by atoms with Crippen molar-refractivity contribution in [2.45, 2.75) is 89.5 Å². The van der Waals surface area contributed by atoms with Crippen LogP contribution in [0.2, 0.25) is 18.1 Å². The van der Waals surface area contributed by atoms with Crippen molar-refractivity contribution in [2.75, 3.05) is 7.11 Å². The molecular formula is C27H40O7SSi. The zero-order valence-corrected chi connectivity index (χ0v) is 24.6. The van der Waals surface area contributed by atoms with E-state index in [1.165, 1.54) is 19.1 Å². The molecule has 0 aliphatic heterocycles. The molecule has 0 radical (unpaired) electrons. The molecule has 0 N–H and O–H groups in total. The lowest BCUT2D eigenvalue weighted by molar-refractivity contribution is -0.140. The van der Waals surface area contributed by atoms with E-state index in [-0.39, 0.29) is 16.5 Å². The van der Waals surface area contributed by atoms with Gasteiger partial charge < -0.3 is 13.9 Å². The number of hydrogen-bond acceptors (Lipinski definition) is 7.